The standard InChI is InChI=1S/C26H39N5O4/c1-4-8-22-25(33)29(16-20-9-6-5-7-10-20)17-23-30(22)24(32)18-28(2)31(23)26(34)27-15-19-11-13-21(35-3)14-12-19/h11-14,20,22-23H,4-10,15-18H2,1-3H3,(H,27,34)/t22-,23-/m0/s1. The van der Waals surface area contributed by atoms with Crippen LogP contribution in [-0.2, 0) is 16.1 Å². The van der Waals surface area contributed by atoms with Crippen LogP contribution in [0.15, 0.2) is 24.3 Å². The van der Waals surface area contributed by atoms with Crippen LogP contribution in [0.4, 0.5) is 4.79 Å². The third-order valence-corrected chi connectivity index (χ3v) is 7.52. The van der Waals surface area contributed by atoms with Crippen molar-refractivity contribution in [1.29, 1.82) is 0 Å². The monoisotopic (exact) mass is 485 g/mol. The van der Waals surface area contributed by atoms with Crippen LogP contribution in [0, 0.1) is 5.92 Å². The van der Waals surface area contributed by atoms with E-state index in [1.165, 1.54) is 19.3 Å². The lowest BCUT2D eigenvalue weighted by molar-refractivity contribution is -0.188. The maximum atomic E-state index is 13.5. The largest absolute Gasteiger partial charge is 0.497 e. The van der Waals surface area contributed by atoms with Crippen LogP contribution in [0.1, 0.15) is 57.4 Å². The number of methoxy groups -OCH3 is 1. The van der Waals surface area contributed by atoms with Crippen LogP contribution < -0.4 is 10.1 Å². The van der Waals surface area contributed by atoms with Gasteiger partial charge in [0.15, 0.2) is 0 Å². The van der Waals surface area contributed by atoms with Gasteiger partial charge in [0, 0.05) is 20.1 Å². The molecular formula is C26H39N5O4. The Morgan fingerprint density at radius 1 is 1.11 bits per heavy atom. The van der Waals surface area contributed by atoms with E-state index in [4.69, 9.17) is 4.74 Å². The van der Waals surface area contributed by atoms with Crippen molar-refractivity contribution in [2.75, 3.05) is 33.8 Å². The smallest absolute Gasteiger partial charge is 0.334 e. The molecule has 0 bridgehead atoms. The molecule has 3 aliphatic rings. The molecule has 0 unspecified atom stereocenters. The molecule has 2 heterocycles. The maximum Gasteiger partial charge on any atom is 0.334 e. The van der Waals surface area contributed by atoms with Gasteiger partial charge in [-0.15, -0.1) is 0 Å². The first-order valence-corrected chi connectivity index (χ1v) is 12.9. The Kier molecular flexibility index (Phi) is 8.15. The first-order valence-electron chi connectivity index (χ1n) is 12.9. The van der Waals surface area contributed by atoms with Crippen LogP contribution in [0.2, 0.25) is 0 Å². The minimum Gasteiger partial charge on any atom is -0.497 e. The highest BCUT2D eigenvalue weighted by Gasteiger charge is 2.50. The summed E-state index contributed by atoms with van der Waals surface area (Å²) in [5.41, 5.74) is 0.952. The molecule has 4 rings (SSSR count). The normalized spacial score (nSPS) is 23.9. The van der Waals surface area contributed by atoms with E-state index in [0.29, 0.717) is 32.0 Å². The minimum absolute atomic E-state index is 0.0326. The third kappa shape index (κ3) is 5.55. The number of nitrogens with zero attached hydrogens (tertiary/aromatic N) is 4. The van der Waals surface area contributed by atoms with E-state index >= 15 is 0 Å². The topological polar surface area (TPSA) is 85.4 Å². The van der Waals surface area contributed by atoms with E-state index in [2.05, 4.69) is 5.32 Å². The van der Waals surface area contributed by atoms with Gasteiger partial charge in [-0.05, 0) is 42.9 Å². The summed E-state index contributed by atoms with van der Waals surface area (Å²) < 4.78 is 5.20. The second kappa shape index (κ2) is 11.3. The summed E-state index contributed by atoms with van der Waals surface area (Å²) in [6, 6.07) is 6.77. The molecule has 2 saturated heterocycles. The summed E-state index contributed by atoms with van der Waals surface area (Å²) in [6.45, 7) is 3.52. The molecule has 3 fully saturated rings. The van der Waals surface area contributed by atoms with Crippen LogP contribution in [-0.4, -0.2) is 83.7 Å². The SMILES string of the molecule is CCC[C@H]1C(=O)N(CC2CCCCC2)C[C@H]2N1C(=O)CN(C)N2C(=O)NCc1ccc(OC)cc1. The number of piperazine rings is 1. The molecule has 2 atom stereocenters. The van der Waals surface area contributed by atoms with Gasteiger partial charge in [0.1, 0.15) is 18.0 Å². The summed E-state index contributed by atoms with van der Waals surface area (Å²) in [6.07, 6.45) is 6.86. The molecule has 4 amide bonds. The Morgan fingerprint density at radius 3 is 2.49 bits per heavy atom. The molecule has 1 aliphatic carbocycles. The molecular weight excluding hydrogens is 446 g/mol. The van der Waals surface area contributed by atoms with E-state index in [9.17, 15) is 14.4 Å². The van der Waals surface area contributed by atoms with Crippen molar-refractivity contribution in [3.8, 4) is 5.75 Å². The van der Waals surface area contributed by atoms with Gasteiger partial charge in [-0.25, -0.2) is 14.8 Å². The zero-order valence-corrected chi connectivity index (χ0v) is 21.2. The molecule has 1 aromatic carbocycles. The number of hydrazine groups is 1. The predicted octanol–water partition coefficient (Wildman–Crippen LogP) is 2.81. The van der Waals surface area contributed by atoms with Gasteiger partial charge in [0.2, 0.25) is 11.8 Å². The number of nitrogens with one attached hydrogen (secondary N) is 1. The van der Waals surface area contributed by atoms with Crippen LogP contribution in [0.3, 0.4) is 0 Å². The molecule has 9 nitrogen and oxygen atoms in total. The highest BCUT2D eigenvalue weighted by molar-refractivity contribution is 5.91. The Hall–Kier alpha value is -2.81. The van der Waals surface area contributed by atoms with Crippen molar-refractivity contribution in [1.82, 2.24) is 25.1 Å². The molecule has 1 saturated carbocycles. The number of carbonyl (C=O) groups excluding carboxylic acids is 3. The summed E-state index contributed by atoms with van der Waals surface area (Å²) in [5.74, 6) is 1.19. The van der Waals surface area contributed by atoms with Gasteiger partial charge in [-0.1, -0.05) is 44.7 Å². The first-order chi connectivity index (χ1) is 16.9. The number of rotatable bonds is 7. The highest BCUT2D eigenvalue weighted by Crippen LogP contribution is 2.31. The first kappa shape index (κ1) is 25.3. The average Bonchev–Trinajstić information content (AvgIpc) is 2.86. The van der Waals surface area contributed by atoms with E-state index < -0.39 is 12.2 Å². The zero-order chi connectivity index (χ0) is 24.9. The summed E-state index contributed by atoms with van der Waals surface area (Å²) >= 11 is 0. The van der Waals surface area contributed by atoms with Crippen molar-refractivity contribution in [3.63, 3.8) is 0 Å². The Bertz CT molecular complexity index is 902. The summed E-state index contributed by atoms with van der Waals surface area (Å²) in [7, 11) is 3.38. The number of amides is 4. The number of fused-ring (bicyclic) bond motifs is 1. The minimum atomic E-state index is -0.513. The lowest BCUT2D eigenvalue weighted by Gasteiger charge is -2.54. The van der Waals surface area contributed by atoms with Gasteiger partial charge >= 0.3 is 6.03 Å². The summed E-state index contributed by atoms with van der Waals surface area (Å²) in [4.78, 5) is 43.6. The summed E-state index contributed by atoms with van der Waals surface area (Å²) in [5, 5.41) is 6.32. The molecule has 2 aliphatic heterocycles. The maximum absolute atomic E-state index is 13.5. The van der Waals surface area contributed by atoms with Gasteiger partial charge < -0.3 is 19.9 Å². The lowest BCUT2D eigenvalue weighted by Crippen LogP contribution is -2.76. The fourth-order valence-electron chi connectivity index (χ4n) is 5.70. The quantitative estimate of drug-likeness (QED) is 0.642. The number of urea groups is 1. The second-order valence-electron chi connectivity index (χ2n) is 10.0. The molecule has 0 spiro atoms. The van der Waals surface area contributed by atoms with Crippen LogP contribution >= 0.6 is 0 Å². The molecule has 9 heteroatoms. The van der Waals surface area contributed by atoms with Crippen molar-refractivity contribution in [2.24, 2.45) is 5.92 Å². The van der Waals surface area contributed by atoms with E-state index in [1.807, 2.05) is 36.1 Å². The fraction of sp³-hybridized carbons (Fsp3) is 0.654. The molecule has 1 N–H and O–H groups in total. The molecule has 0 aromatic heterocycles. The van der Waals surface area contributed by atoms with Gasteiger partial charge in [-0.3, -0.25) is 9.59 Å². The molecule has 0 radical (unpaired) electrons. The van der Waals surface area contributed by atoms with Crippen molar-refractivity contribution < 1.29 is 19.1 Å². The fourth-order valence-corrected chi connectivity index (χ4v) is 5.70. The second-order valence-corrected chi connectivity index (χ2v) is 10.0. The number of carbonyl (C=O) groups is 3. The Morgan fingerprint density at radius 2 is 1.83 bits per heavy atom. The van der Waals surface area contributed by atoms with E-state index in [0.717, 1.165) is 30.6 Å². The lowest BCUT2D eigenvalue weighted by atomic mass is 9.88. The molecule has 192 valence electrons. The molecule has 35 heavy (non-hydrogen) atoms. The van der Waals surface area contributed by atoms with Crippen LogP contribution in [0.25, 0.3) is 0 Å². The number of hydrogen-bond acceptors (Lipinski definition) is 5. The van der Waals surface area contributed by atoms with Crippen molar-refractivity contribution >= 4 is 17.8 Å². The van der Waals surface area contributed by atoms with Crippen molar-refractivity contribution in [2.45, 2.75) is 70.6 Å². The highest BCUT2D eigenvalue weighted by atomic mass is 16.5. The van der Waals surface area contributed by atoms with Gasteiger partial charge in [-0.2, -0.15) is 0 Å². The number of ether oxygens (including phenoxy) is 1. The third-order valence-electron chi connectivity index (χ3n) is 7.52. The number of benzene rings is 1. The van der Waals surface area contributed by atoms with Gasteiger partial charge in [0.05, 0.1) is 20.2 Å². The Labute approximate surface area is 208 Å². The number of likely N-dealkylation sites (N-methyl/N-ethyl adjacent to an activating group) is 1. The molecule has 1 aromatic rings. The van der Waals surface area contributed by atoms with Gasteiger partial charge in [0.25, 0.3) is 0 Å². The van der Waals surface area contributed by atoms with Crippen molar-refractivity contribution in [3.05, 3.63) is 29.8 Å². The Balaban J connectivity index is 1.52. The van der Waals surface area contributed by atoms with Crippen LogP contribution in [0.5, 0.6) is 5.75 Å². The average molecular weight is 486 g/mol. The van der Waals surface area contributed by atoms with E-state index in [1.54, 1.807) is 29.1 Å². The van der Waals surface area contributed by atoms with E-state index in [-0.39, 0.29) is 24.4 Å². The zero-order valence-electron chi connectivity index (χ0n) is 21.2. The predicted molar refractivity (Wildman–Crippen MR) is 132 cm³/mol. The number of hydrogen-bond donors (Lipinski definition) is 1.